The van der Waals surface area contributed by atoms with Crippen LogP contribution < -0.4 is 5.32 Å². The molecule has 0 aliphatic rings. The quantitative estimate of drug-likeness (QED) is 0.461. The Morgan fingerprint density at radius 3 is 2.70 bits per heavy atom. The zero-order valence-electron chi connectivity index (χ0n) is 14.2. The molecular weight excluding hydrogens is 386 g/mol. The van der Waals surface area contributed by atoms with E-state index in [0.717, 1.165) is 10.5 Å². The average molecular weight is 400 g/mol. The van der Waals surface area contributed by atoms with E-state index >= 15 is 0 Å². The van der Waals surface area contributed by atoms with Gasteiger partial charge in [-0.05, 0) is 36.8 Å². The van der Waals surface area contributed by atoms with Gasteiger partial charge in [-0.2, -0.15) is 0 Å². The number of non-ortho nitro benzene ring substituents is 1. The van der Waals surface area contributed by atoms with Crippen molar-refractivity contribution < 1.29 is 9.72 Å². The van der Waals surface area contributed by atoms with Crippen molar-refractivity contribution in [1.82, 2.24) is 4.98 Å². The van der Waals surface area contributed by atoms with Gasteiger partial charge in [0.25, 0.3) is 11.6 Å². The highest BCUT2D eigenvalue weighted by atomic mass is 35.5. The number of anilines is 1. The molecule has 0 unspecified atom stereocenters. The third-order valence-electron chi connectivity index (χ3n) is 3.74. The molecule has 3 rings (SSSR count). The lowest BCUT2D eigenvalue weighted by Gasteiger charge is -2.11. The molecule has 136 valence electrons. The maximum Gasteiger partial charge on any atom is 0.271 e. The second-order valence-electron chi connectivity index (χ2n) is 5.60. The fourth-order valence-corrected chi connectivity index (χ4v) is 3.48. The Bertz CT molecular complexity index is 1030. The van der Waals surface area contributed by atoms with E-state index in [9.17, 15) is 14.9 Å². The molecule has 0 saturated carbocycles. The molecule has 0 atom stereocenters. The van der Waals surface area contributed by atoms with Gasteiger partial charge >= 0.3 is 0 Å². The van der Waals surface area contributed by atoms with Gasteiger partial charge in [-0.15, -0.1) is 0 Å². The van der Waals surface area contributed by atoms with E-state index in [1.54, 1.807) is 37.4 Å². The van der Waals surface area contributed by atoms with Crippen LogP contribution in [-0.2, 0) is 0 Å². The largest absolute Gasteiger partial charge is 0.321 e. The number of halogens is 1. The molecule has 0 bridgehead atoms. The van der Waals surface area contributed by atoms with Crippen LogP contribution in [0.25, 0.3) is 0 Å². The molecule has 0 aliphatic heterocycles. The Morgan fingerprint density at radius 1 is 1.19 bits per heavy atom. The first-order valence-corrected chi connectivity index (χ1v) is 9.09. The summed E-state index contributed by atoms with van der Waals surface area (Å²) in [5.74, 6) is -0.402. The molecule has 0 spiro atoms. The minimum absolute atomic E-state index is 0.0900. The van der Waals surface area contributed by atoms with Gasteiger partial charge in [0.15, 0.2) is 0 Å². The Hall–Kier alpha value is -2.90. The molecule has 6 nitrogen and oxygen atoms in total. The highest BCUT2D eigenvalue weighted by molar-refractivity contribution is 7.99. The Kier molecular flexibility index (Phi) is 5.73. The van der Waals surface area contributed by atoms with Crippen LogP contribution in [-0.4, -0.2) is 15.8 Å². The minimum Gasteiger partial charge on any atom is -0.321 e. The highest BCUT2D eigenvalue weighted by Crippen LogP contribution is 2.34. The molecule has 1 N–H and O–H groups in total. The van der Waals surface area contributed by atoms with Gasteiger partial charge in [0.05, 0.1) is 21.2 Å². The summed E-state index contributed by atoms with van der Waals surface area (Å²) in [6.45, 7) is 1.77. The number of aryl methyl sites for hydroxylation is 1. The summed E-state index contributed by atoms with van der Waals surface area (Å²) in [4.78, 5) is 28.3. The average Bonchev–Trinajstić information content (AvgIpc) is 2.65. The molecule has 2 aromatic carbocycles. The van der Waals surface area contributed by atoms with E-state index in [2.05, 4.69) is 10.3 Å². The van der Waals surface area contributed by atoms with Gasteiger partial charge in [0, 0.05) is 23.2 Å². The maximum atomic E-state index is 12.8. The fraction of sp³-hybridized carbons (Fsp3) is 0.0526. The van der Waals surface area contributed by atoms with Crippen molar-refractivity contribution in [3.05, 3.63) is 87.1 Å². The fourth-order valence-electron chi connectivity index (χ4n) is 2.32. The molecule has 1 amide bonds. The lowest BCUT2D eigenvalue weighted by atomic mass is 10.1. The highest BCUT2D eigenvalue weighted by Gasteiger charge is 2.17. The molecule has 8 heteroatoms. The summed E-state index contributed by atoms with van der Waals surface area (Å²) < 4.78 is 0. The summed E-state index contributed by atoms with van der Waals surface area (Å²) in [6.07, 6.45) is 1.59. The van der Waals surface area contributed by atoms with Crippen LogP contribution in [0.1, 0.15) is 15.9 Å². The second-order valence-corrected chi connectivity index (χ2v) is 7.04. The predicted molar refractivity (Wildman–Crippen MR) is 106 cm³/mol. The molecule has 27 heavy (non-hydrogen) atoms. The number of nitro benzene ring substituents is 1. The minimum atomic E-state index is -0.502. The van der Waals surface area contributed by atoms with Crippen molar-refractivity contribution in [3.63, 3.8) is 0 Å². The first-order valence-electron chi connectivity index (χ1n) is 7.89. The van der Waals surface area contributed by atoms with Crippen molar-refractivity contribution in [1.29, 1.82) is 0 Å². The number of carbonyl (C=O) groups is 1. The van der Waals surface area contributed by atoms with Gasteiger partial charge in [-0.1, -0.05) is 41.6 Å². The van der Waals surface area contributed by atoms with Crippen LogP contribution >= 0.6 is 23.4 Å². The summed E-state index contributed by atoms with van der Waals surface area (Å²) in [7, 11) is 0. The summed E-state index contributed by atoms with van der Waals surface area (Å²) in [6, 6.07) is 14.9. The van der Waals surface area contributed by atoms with Crippen LogP contribution in [0.15, 0.2) is 70.7 Å². The molecule has 1 heterocycles. The molecule has 0 saturated heterocycles. The van der Waals surface area contributed by atoms with Crippen molar-refractivity contribution in [3.8, 4) is 0 Å². The van der Waals surface area contributed by atoms with Gasteiger partial charge in [0.1, 0.15) is 5.03 Å². The number of nitrogens with one attached hydrogen (secondary N) is 1. The molecule has 0 aliphatic carbocycles. The summed E-state index contributed by atoms with van der Waals surface area (Å²) in [5.41, 5.74) is 1.37. The smallest absolute Gasteiger partial charge is 0.271 e. The van der Waals surface area contributed by atoms with Gasteiger partial charge in [0.2, 0.25) is 0 Å². The van der Waals surface area contributed by atoms with Gasteiger partial charge in [-0.3, -0.25) is 14.9 Å². The SMILES string of the molecule is Cc1ccc([N+](=O)[O-])cc1NC(=O)c1cccnc1Sc1ccccc1Cl. The number of hydrogen-bond acceptors (Lipinski definition) is 5. The number of nitrogens with zero attached hydrogens (tertiary/aromatic N) is 2. The van der Waals surface area contributed by atoms with Crippen LogP contribution in [0.3, 0.4) is 0 Å². The number of rotatable bonds is 5. The van der Waals surface area contributed by atoms with Crippen molar-refractivity contribution in [2.24, 2.45) is 0 Å². The molecule has 3 aromatic rings. The molecule has 0 radical (unpaired) electrons. The second kappa shape index (κ2) is 8.20. The number of aromatic nitrogens is 1. The van der Waals surface area contributed by atoms with Gasteiger partial charge in [-0.25, -0.2) is 4.98 Å². The summed E-state index contributed by atoms with van der Waals surface area (Å²) in [5, 5.41) is 14.8. The zero-order chi connectivity index (χ0) is 19.4. The standard InChI is InChI=1S/C19H14ClN3O3S/c1-12-8-9-13(23(25)26)11-16(12)22-18(24)14-5-4-10-21-19(14)27-17-7-3-2-6-15(17)20/h2-11H,1H3,(H,22,24). The van der Waals surface area contributed by atoms with E-state index < -0.39 is 10.8 Å². The number of benzene rings is 2. The number of pyridine rings is 1. The first-order chi connectivity index (χ1) is 13.0. The number of nitro groups is 1. The molecular formula is C19H14ClN3O3S. The molecule has 1 aromatic heterocycles. The molecule has 0 fully saturated rings. The monoisotopic (exact) mass is 399 g/mol. The Labute approximate surface area is 164 Å². The Morgan fingerprint density at radius 2 is 1.96 bits per heavy atom. The van der Waals surface area contributed by atoms with E-state index in [1.165, 1.54) is 23.9 Å². The lowest BCUT2D eigenvalue weighted by molar-refractivity contribution is -0.384. The van der Waals surface area contributed by atoms with Crippen LogP contribution in [0.2, 0.25) is 5.02 Å². The van der Waals surface area contributed by atoms with Crippen molar-refractivity contribution >= 4 is 40.6 Å². The third-order valence-corrected chi connectivity index (χ3v) is 5.28. The van der Waals surface area contributed by atoms with Gasteiger partial charge < -0.3 is 5.32 Å². The number of hydrogen-bond donors (Lipinski definition) is 1. The topological polar surface area (TPSA) is 85.1 Å². The van der Waals surface area contributed by atoms with E-state index in [-0.39, 0.29) is 5.69 Å². The number of amides is 1. The van der Waals surface area contributed by atoms with Crippen LogP contribution in [0.5, 0.6) is 0 Å². The van der Waals surface area contributed by atoms with E-state index in [1.807, 2.05) is 18.2 Å². The van der Waals surface area contributed by atoms with Crippen molar-refractivity contribution in [2.75, 3.05) is 5.32 Å². The Balaban J connectivity index is 1.89. The van der Waals surface area contributed by atoms with E-state index in [4.69, 9.17) is 11.6 Å². The zero-order valence-corrected chi connectivity index (χ0v) is 15.8. The first kappa shape index (κ1) is 18.9. The van der Waals surface area contributed by atoms with E-state index in [0.29, 0.717) is 21.3 Å². The number of carbonyl (C=O) groups excluding carboxylic acids is 1. The van der Waals surface area contributed by atoms with Crippen LogP contribution in [0.4, 0.5) is 11.4 Å². The normalized spacial score (nSPS) is 10.4. The third kappa shape index (κ3) is 4.45. The summed E-state index contributed by atoms with van der Waals surface area (Å²) >= 11 is 7.47. The predicted octanol–water partition coefficient (Wildman–Crippen LogP) is 5.36. The lowest BCUT2D eigenvalue weighted by Crippen LogP contribution is -2.14. The van der Waals surface area contributed by atoms with Crippen LogP contribution in [0, 0.1) is 17.0 Å². The maximum absolute atomic E-state index is 12.8. The van der Waals surface area contributed by atoms with Crippen molar-refractivity contribution in [2.45, 2.75) is 16.8 Å².